The molecule has 7 nitrogen and oxygen atoms in total. The number of anilines is 1. The van der Waals surface area contributed by atoms with Gasteiger partial charge in [0.15, 0.2) is 23.0 Å². The number of hydrogen-bond donors (Lipinski definition) is 2. The SMILES string of the molecule is C/C=C/C(=O)Nc1cc(/C=C\c2cc(OC)c(OC)c(OC)c2)cc(OC)c1O. The molecular formula is C22H25NO6. The zero-order chi connectivity index (χ0) is 21.4. The fraction of sp³-hybridized carbons (Fsp3) is 0.227. The van der Waals surface area contributed by atoms with Crippen molar-refractivity contribution in [1.29, 1.82) is 0 Å². The molecule has 2 aromatic rings. The van der Waals surface area contributed by atoms with Gasteiger partial charge in [-0.05, 0) is 48.4 Å². The molecule has 0 fully saturated rings. The van der Waals surface area contributed by atoms with Crippen LogP contribution in [0.5, 0.6) is 28.7 Å². The smallest absolute Gasteiger partial charge is 0.248 e. The van der Waals surface area contributed by atoms with Crippen LogP contribution in [0.3, 0.4) is 0 Å². The molecule has 0 saturated heterocycles. The van der Waals surface area contributed by atoms with Crippen molar-refractivity contribution in [1.82, 2.24) is 0 Å². The van der Waals surface area contributed by atoms with E-state index in [1.807, 2.05) is 24.3 Å². The Morgan fingerprint density at radius 2 is 1.38 bits per heavy atom. The number of ether oxygens (including phenoxy) is 4. The number of phenolic OH excluding ortho intramolecular Hbond substituents is 1. The Hall–Kier alpha value is -3.61. The van der Waals surface area contributed by atoms with E-state index in [-0.39, 0.29) is 23.1 Å². The molecule has 0 spiro atoms. The second kappa shape index (κ2) is 10.1. The maximum absolute atomic E-state index is 11.8. The average molecular weight is 399 g/mol. The third-order valence-corrected chi connectivity index (χ3v) is 4.05. The maximum atomic E-state index is 11.8. The summed E-state index contributed by atoms with van der Waals surface area (Å²) in [6, 6.07) is 6.93. The summed E-state index contributed by atoms with van der Waals surface area (Å²) in [5.41, 5.74) is 1.77. The molecule has 1 amide bonds. The molecule has 29 heavy (non-hydrogen) atoms. The minimum Gasteiger partial charge on any atom is -0.503 e. The third-order valence-electron chi connectivity index (χ3n) is 4.05. The van der Waals surface area contributed by atoms with Crippen LogP contribution in [-0.4, -0.2) is 39.5 Å². The van der Waals surface area contributed by atoms with Crippen LogP contribution in [0.15, 0.2) is 36.4 Å². The number of carbonyl (C=O) groups excluding carboxylic acids is 1. The van der Waals surface area contributed by atoms with Crippen LogP contribution in [0.2, 0.25) is 0 Å². The Labute approximate surface area is 170 Å². The molecule has 154 valence electrons. The number of rotatable bonds is 8. The third kappa shape index (κ3) is 5.22. The zero-order valence-corrected chi connectivity index (χ0v) is 17.1. The standard InChI is InChI=1S/C22H25NO6/c1-6-7-20(24)23-16-10-14(11-17(26-2)21(16)25)8-9-15-12-18(27-3)22(29-5)19(13-15)28-4/h6-13,25H,1-5H3,(H,23,24)/b7-6+,9-8-. The number of benzene rings is 2. The van der Waals surface area contributed by atoms with Gasteiger partial charge in [-0.2, -0.15) is 0 Å². The largest absolute Gasteiger partial charge is 0.503 e. The molecular weight excluding hydrogens is 374 g/mol. The maximum Gasteiger partial charge on any atom is 0.248 e. The molecule has 0 unspecified atom stereocenters. The van der Waals surface area contributed by atoms with Crippen molar-refractivity contribution in [3.05, 3.63) is 47.5 Å². The number of hydrogen-bond acceptors (Lipinski definition) is 6. The first-order valence-electron chi connectivity index (χ1n) is 8.80. The molecule has 0 bridgehead atoms. The van der Waals surface area contributed by atoms with Gasteiger partial charge in [0, 0.05) is 0 Å². The van der Waals surface area contributed by atoms with E-state index in [2.05, 4.69) is 5.32 Å². The molecule has 2 rings (SSSR count). The lowest BCUT2D eigenvalue weighted by molar-refractivity contribution is -0.111. The number of allylic oxidation sites excluding steroid dienone is 1. The first kappa shape index (κ1) is 21.7. The summed E-state index contributed by atoms with van der Waals surface area (Å²) in [6.45, 7) is 1.73. The predicted molar refractivity (Wildman–Crippen MR) is 113 cm³/mol. The molecule has 0 saturated carbocycles. The van der Waals surface area contributed by atoms with Gasteiger partial charge in [0.05, 0.1) is 34.1 Å². The first-order chi connectivity index (χ1) is 14.0. The lowest BCUT2D eigenvalue weighted by atomic mass is 10.1. The molecule has 7 heteroatoms. The molecule has 0 heterocycles. The summed E-state index contributed by atoms with van der Waals surface area (Å²) in [4.78, 5) is 11.8. The first-order valence-corrected chi connectivity index (χ1v) is 8.80. The molecule has 2 N–H and O–H groups in total. The van der Waals surface area contributed by atoms with Crippen LogP contribution in [0.25, 0.3) is 12.2 Å². The summed E-state index contributed by atoms with van der Waals surface area (Å²) < 4.78 is 21.3. The van der Waals surface area contributed by atoms with Crippen molar-refractivity contribution < 1.29 is 28.8 Å². The minimum absolute atomic E-state index is 0.143. The highest BCUT2D eigenvalue weighted by Crippen LogP contribution is 2.39. The Bertz CT molecular complexity index is 908. The summed E-state index contributed by atoms with van der Waals surface area (Å²) >= 11 is 0. The molecule has 0 aromatic heterocycles. The van der Waals surface area contributed by atoms with Crippen molar-refractivity contribution in [2.45, 2.75) is 6.92 Å². The van der Waals surface area contributed by atoms with Crippen LogP contribution in [0.1, 0.15) is 18.1 Å². The van der Waals surface area contributed by atoms with Gasteiger partial charge in [0.1, 0.15) is 0 Å². The highest BCUT2D eigenvalue weighted by molar-refractivity contribution is 6.00. The van der Waals surface area contributed by atoms with E-state index in [9.17, 15) is 9.90 Å². The van der Waals surface area contributed by atoms with Crippen LogP contribution >= 0.6 is 0 Å². The summed E-state index contributed by atoms with van der Waals surface area (Å²) in [5, 5.41) is 12.9. The van der Waals surface area contributed by atoms with Crippen LogP contribution in [0, 0.1) is 0 Å². The monoisotopic (exact) mass is 399 g/mol. The number of carbonyl (C=O) groups is 1. The number of phenols is 1. The predicted octanol–water partition coefficient (Wildman–Crippen LogP) is 4.11. The topological polar surface area (TPSA) is 86.3 Å². The molecule has 0 radical (unpaired) electrons. The van der Waals surface area contributed by atoms with Gasteiger partial charge in [0.25, 0.3) is 0 Å². The minimum atomic E-state index is -0.351. The van der Waals surface area contributed by atoms with Crippen molar-refractivity contribution in [2.75, 3.05) is 33.8 Å². The van der Waals surface area contributed by atoms with Gasteiger partial charge in [-0.1, -0.05) is 18.2 Å². The second-order valence-corrected chi connectivity index (χ2v) is 5.90. The van der Waals surface area contributed by atoms with Crippen LogP contribution in [-0.2, 0) is 4.79 Å². The highest BCUT2D eigenvalue weighted by atomic mass is 16.5. The number of aromatic hydroxyl groups is 1. The van der Waals surface area contributed by atoms with Crippen LogP contribution < -0.4 is 24.3 Å². The van der Waals surface area contributed by atoms with Gasteiger partial charge in [0.2, 0.25) is 11.7 Å². The van der Waals surface area contributed by atoms with E-state index >= 15 is 0 Å². The average Bonchev–Trinajstić information content (AvgIpc) is 2.73. The van der Waals surface area contributed by atoms with Crippen molar-refractivity contribution in [3.8, 4) is 28.7 Å². The lowest BCUT2D eigenvalue weighted by Gasteiger charge is -2.13. The Morgan fingerprint density at radius 1 is 0.862 bits per heavy atom. The van der Waals surface area contributed by atoms with E-state index in [0.717, 1.165) is 5.56 Å². The van der Waals surface area contributed by atoms with Gasteiger partial charge in [-0.3, -0.25) is 4.79 Å². The Morgan fingerprint density at radius 3 is 1.86 bits per heavy atom. The molecule has 0 aliphatic heterocycles. The van der Waals surface area contributed by atoms with E-state index in [1.54, 1.807) is 46.5 Å². The van der Waals surface area contributed by atoms with Crippen molar-refractivity contribution in [2.24, 2.45) is 0 Å². The van der Waals surface area contributed by atoms with Gasteiger partial charge in [-0.15, -0.1) is 0 Å². The highest BCUT2D eigenvalue weighted by Gasteiger charge is 2.13. The zero-order valence-electron chi connectivity index (χ0n) is 17.1. The van der Waals surface area contributed by atoms with Crippen molar-refractivity contribution >= 4 is 23.7 Å². The fourth-order valence-corrected chi connectivity index (χ4v) is 2.69. The molecule has 2 aromatic carbocycles. The van der Waals surface area contributed by atoms with Crippen LogP contribution in [0.4, 0.5) is 5.69 Å². The number of amides is 1. The second-order valence-electron chi connectivity index (χ2n) is 5.90. The van der Waals surface area contributed by atoms with Gasteiger partial charge >= 0.3 is 0 Å². The van der Waals surface area contributed by atoms with Gasteiger partial charge in [-0.25, -0.2) is 0 Å². The van der Waals surface area contributed by atoms with E-state index in [4.69, 9.17) is 18.9 Å². The Balaban J connectivity index is 2.43. The van der Waals surface area contributed by atoms with E-state index in [0.29, 0.717) is 22.8 Å². The van der Waals surface area contributed by atoms with Crippen molar-refractivity contribution in [3.63, 3.8) is 0 Å². The number of nitrogens with one attached hydrogen (secondary N) is 1. The molecule has 0 aliphatic rings. The summed E-state index contributed by atoms with van der Waals surface area (Å²) in [6.07, 6.45) is 6.63. The normalized spacial score (nSPS) is 10.9. The Kier molecular flexibility index (Phi) is 7.54. The van der Waals surface area contributed by atoms with E-state index in [1.165, 1.54) is 13.2 Å². The molecule has 0 aliphatic carbocycles. The summed E-state index contributed by atoms with van der Waals surface area (Å²) in [5.74, 6) is 1.33. The fourth-order valence-electron chi connectivity index (χ4n) is 2.69. The summed E-state index contributed by atoms with van der Waals surface area (Å²) in [7, 11) is 6.09. The lowest BCUT2D eigenvalue weighted by Crippen LogP contribution is -2.08. The van der Waals surface area contributed by atoms with Gasteiger partial charge < -0.3 is 29.4 Å². The number of methoxy groups -OCH3 is 4. The quantitative estimate of drug-likeness (QED) is 0.395. The molecule has 0 atom stereocenters. The van der Waals surface area contributed by atoms with E-state index < -0.39 is 0 Å².